The molecule has 0 aliphatic carbocycles. The second-order valence-corrected chi connectivity index (χ2v) is 8.56. The van der Waals surface area contributed by atoms with E-state index in [0.29, 0.717) is 6.54 Å². The molecule has 0 saturated carbocycles. The van der Waals surface area contributed by atoms with E-state index >= 15 is 0 Å². The van der Waals surface area contributed by atoms with Gasteiger partial charge in [0.1, 0.15) is 0 Å². The van der Waals surface area contributed by atoms with E-state index in [0.717, 1.165) is 38.8 Å². The highest BCUT2D eigenvalue weighted by molar-refractivity contribution is 7.90. The topological polar surface area (TPSA) is 58.2 Å². The van der Waals surface area contributed by atoms with Gasteiger partial charge in [-0.15, -0.1) is 0 Å². The van der Waals surface area contributed by atoms with Crippen LogP contribution in [0.1, 0.15) is 51.5 Å². The Hall–Kier alpha value is -0.910. The molecule has 0 aromatic heterocycles. The minimum atomic E-state index is -3.09. The van der Waals surface area contributed by atoms with Crippen LogP contribution < -0.4 is 10.0 Å². The van der Waals surface area contributed by atoms with Crippen molar-refractivity contribution in [3.63, 3.8) is 0 Å². The van der Waals surface area contributed by atoms with Gasteiger partial charge in [0.25, 0.3) is 0 Å². The molecule has 0 heterocycles. The second kappa shape index (κ2) is 11.6. The third-order valence-corrected chi connectivity index (χ3v) is 5.71. The van der Waals surface area contributed by atoms with Crippen LogP contribution in [0.25, 0.3) is 0 Å². The molecule has 2 N–H and O–H groups in total. The van der Waals surface area contributed by atoms with Crippen LogP contribution >= 0.6 is 0 Å². The first-order chi connectivity index (χ1) is 11.0. The van der Waals surface area contributed by atoms with E-state index in [1.54, 1.807) is 13.8 Å². The van der Waals surface area contributed by atoms with Crippen LogP contribution in [-0.2, 0) is 16.4 Å². The minimum absolute atomic E-state index is 0.347. The molecule has 0 saturated heterocycles. The molecule has 0 amide bonds. The lowest BCUT2D eigenvalue weighted by atomic mass is 10.1. The first-order valence-corrected chi connectivity index (χ1v) is 10.3. The van der Waals surface area contributed by atoms with Gasteiger partial charge < -0.3 is 5.32 Å². The van der Waals surface area contributed by atoms with Gasteiger partial charge in [-0.05, 0) is 64.6 Å². The predicted octanol–water partition coefficient (Wildman–Crippen LogP) is 3.10. The zero-order chi connectivity index (χ0) is 17.0. The van der Waals surface area contributed by atoms with Crippen LogP contribution in [0.3, 0.4) is 0 Å². The van der Waals surface area contributed by atoms with Gasteiger partial charge in [0.15, 0.2) is 0 Å². The molecule has 0 fully saturated rings. The fraction of sp³-hybridized carbons (Fsp3) is 0.667. The van der Waals surface area contributed by atoms with E-state index in [1.807, 2.05) is 0 Å². The number of sulfonamides is 1. The predicted molar refractivity (Wildman–Crippen MR) is 98.2 cm³/mol. The molecule has 1 aromatic carbocycles. The molecule has 132 valence electrons. The maximum Gasteiger partial charge on any atom is 0.213 e. The van der Waals surface area contributed by atoms with Crippen molar-refractivity contribution in [3.8, 4) is 0 Å². The summed E-state index contributed by atoms with van der Waals surface area (Å²) in [7, 11) is -3.09. The van der Waals surface area contributed by atoms with E-state index in [1.165, 1.54) is 18.4 Å². The lowest BCUT2D eigenvalue weighted by Gasteiger charge is -2.09. The summed E-state index contributed by atoms with van der Waals surface area (Å²) in [6, 6.07) is 10.6. The summed E-state index contributed by atoms with van der Waals surface area (Å²) in [6.07, 6.45) is 6.62. The molecule has 0 aliphatic heterocycles. The quantitative estimate of drug-likeness (QED) is 0.543. The normalized spacial score (nSPS) is 12.0. The van der Waals surface area contributed by atoms with Crippen molar-refractivity contribution in [2.24, 2.45) is 0 Å². The second-order valence-electron chi connectivity index (χ2n) is 6.24. The van der Waals surface area contributed by atoms with Crippen molar-refractivity contribution in [1.29, 1.82) is 0 Å². The first-order valence-electron chi connectivity index (χ1n) is 8.75. The standard InChI is InChI=1S/C18H32N2O2S/c1-17(2)23(21,22)20-16-9-4-8-14-19-15-10-7-13-18-11-5-3-6-12-18/h3,5-6,11-12,17,19-20H,4,7-10,13-16H2,1-2H3. The van der Waals surface area contributed by atoms with Gasteiger partial charge in [-0.1, -0.05) is 36.8 Å². The highest BCUT2D eigenvalue weighted by Crippen LogP contribution is 2.04. The van der Waals surface area contributed by atoms with Gasteiger partial charge >= 0.3 is 0 Å². The van der Waals surface area contributed by atoms with Crippen LogP contribution in [0.2, 0.25) is 0 Å². The Morgan fingerprint density at radius 1 is 0.870 bits per heavy atom. The van der Waals surface area contributed by atoms with Crippen molar-refractivity contribution < 1.29 is 8.42 Å². The summed E-state index contributed by atoms with van der Waals surface area (Å²) in [6.45, 7) is 6.03. The highest BCUT2D eigenvalue weighted by atomic mass is 32.2. The van der Waals surface area contributed by atoms with Gasteiger partial charge in [0.2, 0.25) is 10.0 Å². The van der Waals surface area contributed by atoms with Crippen LogP contribution in [-0.4, -0.2) is 33.3 Å². The maximum atomic E-state index is 11.5. The molecular weight excluding hydrogens is 308 g/mol. The largest absolute Gasteiger partial charge is 0.317 e. The van der Waals surface area contributed by atoms with Gasteiger partial charge in [-0.2, -0.15) is 0 Å². The Morgan fingerprint density at radius 3 is 2.13 bits per heavy atom. The SMILES string of the molecule is CC(C)S(=O)(=O)NCCCCCNCCCCc1ccccc1. The number of hydrogen-bond donors (Lipinski definition) is 2. The Bertz CT molecular complexity index is 501. The van der Waals surface area contributed by atoms with Crippen molar-refractivity contribution in [3.05, 3.63) is 35.9 Å². The Labute approximate surface area is 142 Å². The maximum absolute atomic E-state index is 11.5. The molecule has 5 heteroatoms. The highest BCUT2D eigenvalue weighted by Gasteiger charge is 2.13. The summed E-state index contributed by atoms with van der Waals surface area (Å²) in [5.41, 5.74) is 1.41. The van der Waals surface area contributed by atoms with E-state index in [-0.39, 0.29) is 5.25 Å². The van der Waals surface area contributed by atoms with Gasteiger partial charge in [0, 0.05) is 6.54 Å². The summed E-state index contributed by atoms with van der Waals surface area (Å²) in [5.74, 6) is 0. The Kier molecular flexibility index (Phi) is 10.2. The van der Waals surface area contributed by atoms with Crippen molar-refractivity contribution in [1.82, 2.24) is 10.0 Å². The molecule has 0 spiro atoms. The number of nitrogens with one attached hydrogen (secondary N) is 2. The van der Waals surface area contributed by atoms with E-state index in [4.69, 9.17) is 0 Å². The van der Waals surface area contributed by atoms with Crippen molar-refractivity contribution in [2.45, 2.75) is 57.6 Å². The summed E-state index contributed by atoms with van der Waals surface area (Å²) < 4.78 is 25.7. The van der Waals surface area contributed by atoms with E-state index in [9.17, 15) is 8.42 Å². The number of rotatable bonds is 13. The van der Waals surface area contributed by atoms with Gasteiger partial charge in [-0.25, -0.2) is 13.1 Å². The average molecular weight is 341 g/mol. The van der Waals surface area contributed by atoms with Crippen LogP contribution in [0, 0.1) is 0 Å². The number of aryl methyl sites for hydroxylation is 1. The molecule has 1 rings (SSSR count). The van der Waals surface area contributed by atoms with Crippen LogP contribution in [0.4, 0.5) is 0 Å². The number of unbranched alkanes of at least 4 members (excludes halogenated alkanes) is 3. The molecule has 0 aliphatic rings. The lowest BCUT2D eigenvalue weighted by Crippen LogP contribution is -2.31. The van der Waals surface area contributed by atoms with Gasteiger partial charge in [-0.3, -0.25) is 0 Å². The fourth-order valence-electron chi connectivity index (χ4n) is 2.28. The van der Waals surface area contributed by atoms with Crippen molar-refractivity contribution in [2.75, 3.05) is 19.6 Å². The average Bonchev–Trinajstić information content (AvgIpc) is 2.53. The number of benzene rings is 1. The fourth-order valence-corrected chi connectivity index (χ4v) is 3.04. The molecular formula is C18H32N2O2S. The van der Waals surface area contributed by atoms with Crippen LogP contribution in [0.15, 0.2) is 30.3 Å². The first kappa shape index (κ1) is 20.1. The molecule has 23 heavy (non-hydrogen) atoms. The molecule has 0 radical (unpaired) electrons. The molecule has 1 aromatic rings. The van der Waals surface area contributed by atoms with Crippen molar-refractivity contribution >= 4 is 10.0 Å². The third kappa shape index (κ3) is 9.74. The molecule has 0 unspecified atom stereocenters. The van der Waals surface area contributed by atoms with E-state index < -0.39 is 10.0 Å². The summed E-state index contributed by atoms with van der Waals surface area (Å²) in [5, 5.41) is 3.11. The zero-order valence-electron chi connectivity index (χ0n) is 14.6. The smallest absolute Gasteiger partial charge is 0.213 e. The lowest BCUT2D eigenvalue weighted by molar-refractivity contribution is 0.556. The monoisotopic (exact) mass is 340 g/mol. The molecule has 0 atom stereocenters. The Morgan fingerprint density at radius 2 is 1.48 bits per heavy atom. The summed E-state index contributed by atoms with van der Waals surface area (Å²) in [4.78, 5) is 0. The minimum Gasteiger partial charge on any atom is -0.317 e. The third-order valence-electron chi connectivity index (χ3n) is 3.87. The Balaban J connectivity index is 1.87. The van der Waals surface area contributed by atoms with E-state index in [2.05, 4.69) is 40.4 Å². The van der Waals surface area contributed by atoms with Crippen LogP contribution in [0.5, 0.6) is 0 Å². The zero-order valence-corrected chi connectivity index (χ0v) is 15.4. The van der Waals surface area contributed by atoms with Gasteiger partial charge in [0.05, 0.1) is 5.25 Å². The molecule has 4 nitrogen and oxygen atoms in total. The number of hydrogen-bond acceptors (Lipinski definition) is 3. The summed E-state index contributed by atoms with van der Waals surface area (Å²) >= 11 is 0. The molecule has 0 bridgehead atoms.